The van der Waals surface area contributed by atoms with E-state index in [2.05, 4.69) is 0 Å². The molecule has 0 radical (unpaired) electrons. The van der Waals surface area contributed by atoms with E-state index in [-0.39, 0.29) is 6.42 Å². The molecule has 0 heterocycles. The molecule has 14 heavy (non-hydrogen) atoms. The van der Waals surface area contributed by atoms with Crippen molar-refractivity contribution in [1.29, 1.82) is 0 Å². The summed E-state index contributed by atoms with van der Waals surface area (Å²) in [5, 5.41) is 27.0. The minimum absolute atomic E-state index is 0.139. The molecule has 2 unspecified atom stereocenters. The summed E-state index contributed by atoms with van der Waals surface area (Å²) >= 11 is 0. The molecule has 1 saturated carbocycles. The normalized spacial score (nSPS) is 33.5. The second-order valence-electron chi connectivity index (χ2n) is 4.08. The number of hydrogen-bond acceptors (Lipinski definition) is 4. The standard InChI is InChI=1S/C8H16BNO4/c10-8(7(11)12)4-2-1-3-6(5-8)9(13)14/h6,13-14H,1-5,10H2,(H,11,12). The highest BCUT2D eigenvalue weighted by atomic mass is 16.4. The first kappa shape index (κ1) is 11.5. The topological polar surface area (TPSA) is 104 Å². The Morgan fingerprint density at radius 3 is 2.57 bits per heavy atom. The minimum Gasteiger partial charge on any atom is -0.480 e. The molecule has 0 aromatic rings. The van der Waals surface area contributed by atoms with Crippen LogP contribution in [0.2, 0.25) is 5.82 Å². The lowest BCUT2D eigenvalue weighted by Gasteiger charge is -2.25. The summed E-state index contributed by atoms with van der Waals surface area (Å²) in [5.74, 6) is -1.47. The number of carbonyl (C=O) groups is 1. The van der Waals surface area contributed by atoms with Gasteiger partial charge < -0.3 is 20.9 Å². The molecule has 0 aromatic carbocycles. The van der Waals surface area contributed by atoms with E-state index in [1.54, 1.807) is 0 Å². The number of carboxylic acid groups (broad SMARTS) is 1. The second kappa shape index (κ2) is 4.29. The van der Waals surface area contributed by atoms with Gasteiger partial charge in [-0.25, -0.2) is 0 Å². The van der Waals surface area contributed by atoms with Gasteiger partial charge in [-0.2, -0.15) is 0 Å². The largest absolute Gasteiger partial charge is 0.480 e. The van der Waals surface area contributed by atoms with Crippen molar-refractivity contribution in [1.82, 2.24) is 0 Å². The van der Waals surface area contributed by atoms with Crippen molar-refractivity contribution < 1.29 is 19.9 Å². The highest BCUT2D eigenvalue weighted by Gasteiger charge is 2.41. The molecule has 0 saturated heterocycles. The van der Waals surface area contributed by atoms with Gasteiger partial charge in [0.05, 0.1) is 0 Å². The fourth-order valence-electron chi connectivity index (χ4n) is 1.97. The van der Waals surface area contributed by atoms with Crippen molar-refractivity contribution in [3.63, 3.8) is 0 Å². The van der Waals surface area contributed by atoms with Crippen LogP contribution in [0.15, 0.2) is 0 Å². The molecule has 0 aliphatic heterocycles. The Morgan fingerprint density at radius 2 is 2.07 bits per heavy atom. The van der Waals surface area contributed by atoms with Crippen molar-refractivity contribution >= 4 is 13.1 Å². The predicted molar refractivity (Wildman–Crippen MR) is 51.6 cm³/mol. The van der Waals surface area contributed by atoms with Crippen LogP contribution in [0.1, 0.15) is 32.1 Å². The molecular formula is C8H16BNO4. The molecule has 80 valence electrons. The zero-order valence-electron chi connectivity index (χ0n) is 8.02. The summed E-state index contributed by atoms with van der Waals surface area (Å²) < 4.78 is 0. The Balaban J connectivity index is 2.73. The van der Waals surface area contributed by atoms with E-state index in [1.165, 1.54) is 0 Å². The average molecular weight is 201 g/mol. The molecule has 0 aromatic heterocycles. The maximum absolute atomic E-state index is 10.9. The molecule has 6 heteroatoms. The summed E-state index contributed by atoms with van der Waals surface area (Å²) in [4.78, 5) is 10.9. The number of aliphatic carboxylic acids is 1. The van der Waals surface area contributed by atoms with Crippen LogP contribution < -0.4 is 5.73 Å². The van der Waals surface area contributed by atoms with Crippen LogP contribution in [-0.4, -0.2) is 33.8 Å². The third-order valence-electron chi connectivity index (χ3n) is 2.92. The maximum Gasteiger partial charge on any atom is 0.454 e. The van der Waals surface area contributed by atoms with E-state index in [0.717, 1.165) is 12.8 Å². The van der Waals surface area contributed by atoms with E-state index in [1.807, 2.05) is 0 Å². The molecule has 1 aliphatic rings. The molecule has 0 spiro atoms. The fourth-order valence-corrected chi connectivity index (χ4v) is 1.97. The first-order valence-electron chi connectivity index (χ1n) is 4.84. The monoisotopic (exact) mass is 201 g/mol. The highest BCUT2D eigenvalue weighted by molar-refractivity contribution is 6.43. The lowest BCUT2D eigenvalue weighted by atomic mass is 9.66. The molecule has 1 aliphatic carbocycles. The quantitative estimate of drug-likeness (QED) is 0.358. The second-order valence-corrected chi connectivity index (χ2v) is 4.08. The predicted octanol–water partition coefficient (Wildman–Crippen LogP) is -0.424. The Kier molecular flexibility index (Phi) is 3.52. The van der Waals surface area contributed by atoms with Crippen molar-refractivity contribution in [3.05, 3.63) is 0 Å². The van der Waals surface area contributed by atoms with E-state index < -0.39 is 24.4 Å². The lowest BCUT2D eigenvalue weighted by Crippen LogP contribution is -2.49. The first-order chi connectivity index (χ1) is 6.46. The Hall–Kier alpha value is -0.585. The van der Waals surface area contributed by atoms with Gasteiger partial charge in [-0.3, -0.25) is 4.79 Å². The number of carboxylic acids is 1. The summed E-state index contributed by atoms with van der Waals surface area (Å²) in [5.41, 5.74) is 4.42. The van der Waals surface area contributed by atoms with Crippen LogP contribution in [0.25, 0.3) is 0 Å². The number of rotatable bonds is 2. The Morgan fingerprint density at radius 1 is 1.43 bits per heavy atom. The van der Waals surface area contributed by atoms with E-state index >= 15 is 0 Å². The van der Waals surface area contributed by atoms with Gasteiger partial charge in [0.15, 0.2) is 0 Å². The van der Waals surface area contributed by atoms with Gasteiger partial charge in [-0.15, -0.1) is 0 Å². The SMILES string of the molecule is NC1(C(=O)O)CCCCC(B(O)O)C1. The van der Waals surface area contributed by atoms with Crippen LogP contribution in [0.5, 0.6) is 0 Å². The Labute approximate surface area is 83.1 Å². The molecule has 0 amide bonds. The molecule has 2 atom stereocenters. The summed E-state index contributed by atoms with van der Waals surface area (Å²) in [6.45, 7) is 0. The summed E-state index contributed by atoms with van der Waals surface area (Å²) in [7, 11) is -1.46. The minimum atomic E-state index is -1.46. The van der Waals surface area contributed by atoms with Crippen LogP contribution in [0.3, 0.4) is 0 Å². The third kappa shape index (κ3) is 2.46. The zero-order valence-corrected chi connectivity index (χ0v) is 8.02. The van der Waals surface area contributed by atoms with Crippen molar-refractivity contribution in [2.75, 3.05) is 0 Å². The summed E-state index contributed by atoms with van der Waals surface area (Å²) in [6, 6.07) is 0. The fraction of sp³-hybridized carbons (Fsp3) is 0.875. The van der Waals surface area contributed by atoms with E-state index in [9.17, 15) is 4.79 Å². The van der Waals surface area contributed by atoms with Gasteiger partial charge in [0.25, 0.3) is 0 Å². The molecule has 1 rings (SSSR count). The smallest absolute Gasteiger partial charge is 0.454 e. The van der Waals surface area contributed by atoms with Gasteiger partial charge in [-0.1, -0.05) is 19.3 Å². The van der Waals surface area contributed by atoms with E-state index in [0.29, 0.717) is 12.8 Å². The number of hydrogen-bond donors (Lipinski definition) is 4. The van der Waals surface area contributed by atoms with Crippen LogP contribution in [0.4, 0.5) is 0 Å². The van der Waals surface area contributed by atoms with Crippen LogP contribution in [0, 0.1) is 0 Å². The van der Waals surface area contributed by atoms with Crippen LogP contribution in [-0.2, 0) is 4.79 Å². The van der Waals surface area contributed by atoms with E-state index in [4.69, 9.17) is 20.9 Å². The van der Waals surface area contributed by atoms with Gasteiger partial charge in [0.2, 0.25) is 0 Å². The van der Waals surface area contributed by atoms with Crippen molar-refractivity contribution in [3.8, 4) is 0 Å². The average Bonchev–Trinajstić information content (AvgIpc) is 2.28. The van der Waals surface area contributed by atoms with Gasteiger partial charge in [-0.05, 0) is 18.7 Å². The molecule has 0 bridgehead atoms. The van der Waals surface area contributed by atoms with Crippen molar-refractivity contribution in [2.24, 2.45) is 5.73 Å². The molecule has 5 N–H and O–H groups in total. The maximum atomic E-state index is 10.9. The zero-order chi connectivity index (χ0) is 10.8. The Bertz CT molecular complexity index is 223. The lowest BCUT2D eigenvalue weighted by molar-refractivity contribution is -0.143. The summed E-state index contributed by atoms with van der Waals surface area (Å²) in [6.07, 6.45) is 2.70. The third-order valence-corrected chi connectivity index (χ3v) is 2.92. The molecule has 1 fully saturated rings. The molecule has 5 nitrogen and oxygen atoms in total. The van der Waals surface area contributed by atoms with Crippen molar-refractivity contribution in [2.45, 2.75) is 43.5 Å². The first-order valence-corrected chi connectivity index (χ1v) is 4.84. The highest BCUT2D eigenvalue weighted by Crippen LogP contribution is 2.33. The van der Waals surface area contributed by atoms with Gasteiger partial charge >= 0.3 is 13.1 Å². The van der Waals surface area contributed by atoms with Crippen LogP contribution >= 0.6 is 0 Å². The number of nitrogens with two attached hydrogens (primary N) is 1. The van der Waals surface area contributed by atoms with Gasteiger partial charge in [0, 0.05) is 0 Å². The molecular weight excluding hydrogens is 185 g/mol. The van der Waals surface area contributed by atoms with Gasteiger partial charge in [0.1, 0.15) is 5.54 Å².